The van der Waals surface area contributed by atoms with E-state index in [9.17, 15) is 8.42 Å². The number of sulfonamides is 1. The van der Waals surface area contributed by atoms with Gasteiger partial charge in [0.05, 0.1) is 47.1 Å². The van der Waals surface area contributed by atoms with E-state index in [4.69, 9.17) is 14.0 Å². The molecule has 2 aliphatic rings. The summed E-state index contributed by atoms with van der Waals surface area (Å²) in [4.78, 5) is 4.09. The predicted octanol–water partition coefficient (Wildman–Crippen LogP) is 1.29. The average Bonchev–Trinajstić information content (AvgIpc) is 3.15. The van der Waals surface area contributed by atoms with E-state index in [0.29, 0.717) is 16.9 Å². The van der Waals surface area contributed by atoms with Gasteiger partial charge in [-0.2, -0.15) is 0 Å². The van der Waals surface area contributed by atoms with Crippen LogP contribution < -0.4 is 14.9 Å². The maximum absolute atomic E-state index is 11.7. The van der Waals surface area contributed by atoms with Crippen molar-refractivity contribution >= 4 is 28.3 Å². The van der Waals surface area contributed by atoms with Gasteiger partial charge in [0.25, 0.3) is 0 Å². The van der Waals surface area contributed by atoms with Crippen LogP contribution in [0.5, 0.6) is 5.75 Å². The highest BCUT2D eigenvalue weighted by molar-refractivity contribution is 7.92. The molecule has 7 nitrogen and oxygen atoms in total. The van der Waals surface area contributed by atoms with Crippen LogP contribution in [0.2, 0.25) is 0 Å². The van der Waals surface area contributed by atoms with Gasteiger partial charge in [-0.1, -0.05) is 0 Å². The molecule has 1 N–H and O–H groups in total. The van der Waals surface area contributed by atoms with Crippen molar-refractivity contribution in [2.24, 2.45) is 0 Å². The van der Waals surface area contributed by atoms with E-state index in [1.54, 1.807) is 6.20 Å². The number of nitrogens with one attached hydrogen (secondary N) is 1. The van der Waals surface area contributed by atoms with E-state index in [1.165, 1.54) is 6.20 Å². The number of hydrogen-bond acceptors (Lipinski definition) is 6. The molecule has 1 aliphatic heterocycles. The zero-order valence-electron chi connectivity index (χ0n) is 14.6. The fourth-order valence-corrected chi connectivity index (χ4v) is 2.96. The first kappa shape index (κ1) is 17.5. The summed E-state index contributed by atoms with van der Waals surface area (Å²) in [6, 6.07) is 0. The summed E-state index contributed by atoms with van der Waals surface area (Å²) in [5, 5.41) is 0. The fourth-order valence-electron chi connectivity index (χ4n) is 2.40. The van der Waals surface area contributed by atoms with Crippen LogP contribution in [0.25, 0.3) is 0 Å². The van der Waals surface area contributed by atoms with Crippen molar-refractivity contribution in [2.45, 2.75) is 57.8 Å². The number of nitrogens with zero attached hydrogens (tertiary/aromatic N) is 1. The molecule has 0 unspecified atom stereocenters. The monoisotopic (exact) mass is 354 g/mol. The Bertz CT molecular complexity index is 730. The highest BCUT2D eigenvalue weighted by atomic mass is 32.2. The minimum atomic E-state index is -3.47. The Balaban J connectivity index is 2.03. The smallest absolute Gasteiger partial charge is 0.489 e. The molecule has 132 valence electrons. The third-order valence-electron chi connectivity index (χ3n) is 4.55. The molecule has 0 amide bonds. The molecule has 1 aromatic rings. The zero-order valence-corrected chi connectivity index (χ0v) is 15.4. The molecular formula is C15H23BN2O5S. The molecule has 0 radical (unpaired) electrons. The topological polar surface area (TPSA) is 86.8 Å². The lowest BCUT2D eigenvalue weighted by molar-refractivity contribution is 0.00578. The van der Waals surface area contributed by atoms with Crippen LogP contribution >= 0.6 is 0 Å². The molecule has 1 saturated heterocycles. The summed E-state index contributed by atoms with van der Waals surface area (Å²) in [5.74, 6) is 0.490. The lowest BCUT2D eigenvalue weighted by Gasteiger charge is -2.32. The van der Waals surface area contributed by atoms with E-state index in [1.807, 2.05) is 27.7 Å². The zero-order chi connectivity index (χ0) is 17.8. The lowest BCUT2D eigenvalue weighted by atomic mass is 9.78. The summed E-state index contributed by atoms with van der Waals surface area (Å²) in [7, 11) is -4.21. The minimum Gasteiger partial charge on any atom is -0.489 e. The van der Waals surface area contributed by atoms with Crippen LogP contribution in [-0.2, 0) is 19.3 Å². The average molecular weight is 354 g/mol. The Hall–Kier alpha value is -1.32. The number of anilines is 1. The number of ether oxygens (including phenoxy) is 1. The second-order valence-corrected chi connectivity index (χ2v) is 9.13. The summed E-state index contributed by atoms with van der Waals surface area (Å²) in [6.45, 7) is 7.77. The minimum absolute atomic E-state index is 0.140. The molecule has 0 atom stereocenters. The largest absolute Gasteiger partial charge is 0.500 e. The van der Waals surface area contributed by atoms with E-state index in [2.05, 4.69) is 9.71 Å². The summed E-state index contributed by atoms with van der Waals surface area (Å²) >= 11 is 0. The van der Waals surface area contributed by atoms with Crippen LogP contribution in [0.15, 0.2) is 12.4 Å². The van der Waals surface area contributed by atoms with Crippen molar-refractivity contribution in [3.8, 4) is 5.75 Å². The predicted molar refractivity (Wildman–Crippen MR) is 92.1 cm³/mol. The molecule has 0 aromatic carbocycles. The van der Waals surface area contributed by atoms with Gasteiger partial charge in [-0.15, -0.1) is 0 Å². The van der Waals surface area contributed by atoms with Gasteiger partial charge in [0, 0.05) is 0 Å². The van der Waals surface area contributed by atoms with Crippen molar-refractivity contribution in [2.75, 3.05) is 11.0 Å². The molecule has 1 aromatic heterocycles. The standard InChI is InChI=1S/C15H23BN2O5S/c1-14(2)15(3,4)23-16(22-14)13-11(18-24(5,19)20)8-17-9-12(13)21-10-6-7-10/h8-10,18H,6-7H2,1-5H3. The fraction of sp³-hybridized carbons (Fsp3) is 0.667. The third kappa shape index (κ3) is 3.53. The molecule has 24 heavy (non-hydrogen) atoms. The van der Waals surface area contributed by atoms with Crippen LogP contribution in [0.4, 0.5) is 5.69 Å². The van der Waals surface area contributed by atoms with Crippen molar-refractivity contribution in [3.63, 3.8) is 0 Å². The van der Waals surface area contributed by atoms with Crippen LogP contribution in [0.3, 0.4) is 0 Å². The number of pyridine rings is 1. The van der Waals surface area contributed by atoms with Crippen molar-refractivity contribution in [1.82, 2.24) is 4.98 Å². The second-order valence-electron chi connectivity index (χ2n) is 7.38. The molecular weight excluding hydrogens is 331 g/mol. The van der Waals surface area contributed by atoms with E-state index >= 15 is 0 Å². The van der Waals surface area contributed by atoms with Gasteiger partial charge in [0.15, 0.2) is 0 Å². The van der Waals surface area contributed by atoms with Gasteiger partial charge in [-0.3, -0.25) is 9.71 Å². The van der Waals surface area contributed by atoms with Crippen molar-refractivity contribution < 1.29 is 22.5 Å². The first-order chi connectivity index (χ1) is 11.0. The molecule has 2 heterocycles. The number of aromatic nitrogens is 1. The molecule has 0 spiro atoms. The number of hydrogen-bond donors (Lipinski definition) is 1. The maximum Gasteiger partial charge on any atom is 0.500 e. The first-order valence-electron chi connectivity index (χ1n) is 7.96. The summed E-state index contributed by atoms with van der Waals surface area (Å²) in [6.07, 6.45) is 6.21. The van der Waals surface area contributed by atoms with Crippen LogP contribution in [0, 0.1) is 0 Å². The van der Waals surface area contributed by atoms with E-state index in [-0.39, 0.29) is 6.10 Å². The first-order valence-corrected chi connectivity index (χ1v) is 9.86. The van der Waals surface area contributed by atoms with Gasteiger partial charge in [-0.25, -0.2) is 8.42 Å². The number of rotatable bonds is 5. The van der Waals surface area contributed by atoms with Crippen molar-refractivity contribution in [1.29, 1.82) is 0 Å². The van der Waals surface area contributed by atoms with Gasteiger partial charge in [-0.05, 0) is 40.5 Å². The Labute approximate surface area is 143 Å². The van der Waals surface area contributed by atoms with Crippen LogP contribution in [-0.4, -0.2) is 44.1 Å². The Morgan fingerprint density at radius 1 is 1.21 bits per heavy atom. The van der Waals surface area contributed by atoms with Gasteiger partial charge in [0.2, 0.25) is 10.0 Å². The normalized spacial score (nSPS) is 22.5. The van der Waals surface area contributed by atoms with Crippen molar-refractivity contribution in [3.05, 3.63) is 12.4 Å². The molecule has 3 rings (SSSR count). The molecule has 9 heteroatoms. The summed E-state index contributed by atoms with van der Waals surface area (Å²) in [5.41, 5.74) is -0.240. The molecule has 1 aliphatic carbocycles. The highest BCUT2D eigenvalue weighted by Gasteiger charge is 2.53. The SMILES string of the molecule is CC1(C)OB(c2c(NS(C)(=O)=O)cncc2OC2CC2)OC1(C)C. The Morgan fingerprint density at radius 2 is 1.79 bits per heavy atom. The van der Waals surface area contributed by atoms with Gasteiger partial charge >= 0.3 is 7.12 Å². The second kappa shape index (κ2) is 5.61. The molecule has 1 saturated carbocycles. The molecule has 2 fully saturated rings. The molecule has 0 bridgehead atoms. The van der Waals surface area contributed by atoms with Gasteiger partial charge < -0.3 is 14.0 Å². The highest BCUT2D eigenvalue weighted by Crippen LogP contribution is 2.38. The van der Waals surface area contributed by atoms with E-state index < -0.39 is 28.3 Å². The quantitative estimate of drug-likeness (QED) is 0.802. The Kier molecular flexibility index (Phi) is 4.09. The third-order valence-corrected chi connectivity index (χ3v) is 5.14. The lowest BCUT2D eigenvalue weighted by Crippen LogP contribution is -2.41. The maximum atomic E-state index is 11.7. The Morgan fingerprint density at radius 3 is 2.29 bits per heavy atom. The summed E-state index contributed by atoms with van der Waals surface area (Å²) < 4.78 is 44.0. The van der Waals surface area contributed by atoms with Crippen LogP contribution in [0.1, 0.15) is 40.5 Å². The van der Waals surface area contributed by atoms with E-state index in [0.717, 1.165) is 19.1 Å². The van der Waals surface area contributed by atoms with Gasteiger partial charge in [0.1, 0.15) is 5.75 Å².